The Bertz CT molecular complexity index is 623. The van der Waals surface area contributed by atoms with Gasteiger partial charge in [0.1, 0.15) is 5.82 Å². The predicted octanol–water partition coefficient (Wildman–Crippen LogP) is 4.18. The molecule has 0 amide bonds. The summed E-state index contributed by atoms with van der Waals surface area (Å²) in [5, 5.41) is 0.509. The first-order valence-electron chi connectivity index (χ1n) is 5.39. The first-order chi connectivity index (χ1) is 8.97. The van der Waals surface area contributed by atoms with E-state index in [2.05, 4.69) is 0 Å². The molecular weight excluding hydrogens is 277 g/mol. The number of hydrogen-bond acceptors (Lipinski definition) is 1. The Labute approximate surface area is 112 Å². The van der Waals surface area contributed by atoms with E-state index < -0.39 is 28.8 Å². The topological polar surface area (TPSA) is 17.1 Å². The zero-order chi connectivity index (χ0) is 14.0. The summed E-state index contributed by atoms with van der Waals surface area (Å²) < 4.78 is 39.2. The number of rotatable bonds is 3. The van der Waals surface area contributed by atoms with E-state index in [9.17, 15) is 18.0 Å². The maximum absolute atomic E-state index is 13.4. The summed E-state index contributed by atoms with van der Waals surface area (Å²) in [7, 11) is 0. The van der Waals surface area contributed by atoms with Crippen LogP contribution in [0.4, 0.5) is 13.2 Å². The smallest absolute Gasteiger partial charge is 0.170 e. The average Bonchev–Trinajstić information content (AvgIpc) is 2.36. The van der Waals surface area contributed by atoms with Crippen LogP contribution >= 0.6 is 11.6 Å². The molecular formula is C14H8ClF3O. The van der Waals surface area contributed by atoms with E-state index in [1.165, 1.54) is 0 Å². The van der Waals surface area contributed by atoms with Crippen LogP contribution in [-0.4, -0.2) is 5.78 Å². The highest BCUT2D eigenvalue weighted by molar-refractivity contribution is 6.30. The highest BCUT2D eigenvalue weighted by Crippen LogP contribution is 2.17. The summed E-state index contributed by atoms with van der Waals surface area (Å²) in [6, 6.07) is 7.33. The normalized spacial score (nSPS) is 10.5. The molecule has 98 valence electrons. The fourth-order valence-electron chi connectivity index (χ4n) is 1.62. The minimum absolute atomic E-state index is 0.112. The van der Waals surface area contributed by atoms with Gasteiger partial charge in [0.05, 0.1) is 5.56 Å². The molecule has 0 aromatic heterocycles. The fraction of sp³-hybridized carbons (Fsp3) is 0.0714. The van der Waals surface area contributed by atoms with Crippen molar-refractivity contribution in [3.8, 4) is 0 Å². The first kappa shape index (κ1) is 13.6. The van der Waals surface area contributed by atoms with Crippen molar-refractivity contribution in [2.45, 2.75) is 6.42 Å². The van der Waals surface area contributed by atoms with Gasteiger partial charge in [-0.1, -0.05) is 23.7 Å². The van der Waals surface area contributed by atoms with Crippen molar-refractivity contribution in [3.63, 3.8) is 0 Å². The largest absolute Gasteiger partial charge is 0.294 e. The van der Waals surface area contributed by atoms with E-state index in [0.29, 0.717) is 22.7 Å². The second-order valence-electron chi connectivity index (χ2n) is 3.97. The third kappa shape index (κ3) is 3.15. The van der Waals surface area contributed by atoms with Crippen LogP contribution in [0.15, 0.2) is 36.4 Å². The number of benzene rings is 2. The van der Waals surface area contributed by atoms with Gasteiger partial charge in [-0.25, -0.2) is 13.2 Å². The number of hydrogen-bond donors (Lipinski definition) is 0. The van der Waals surface area contributed by atoms with Gasteiger partial charge in [-0.3, -0.25) is 4.79 Å². The van der Waals surface area contributed by atoms with Crippen molar-refractivity contribution >= 4 is 17.4 Å². The Kier molecular flexibility index (Phi) is 3.90. The number of ketones is 1. The van der Waals surface area contributed by atoms with E-state index >= 15 is 0 Å². The molecule has 0 saturated heterocycles. The lowest BCUT2D eigenvalue weighted by molar-refractivity contribution is 0.0988. The lowest BCUT2D eigenvalue weighted by Crippen LogP contribution is -2.07. The van der Waals surface area contributed by atoms with E-state index in [-0.39, 0.29) is 6.42 Å². The molecule has 5 heteroatoms. The van der Waals surface area contributed by atoms with Gasteiger partial charge >= 0.3 is 0 Å². The van der Waals surface area contributed by atoms with Crippen LogP contribution in [0, 0.1) is 17.5 Å². The van der Waals surface area contributed by atoms with Gasteiger partial charge in [-0.15, -0.1) is 0 Å². The Morgan fingerprint density at radius 2 is 1.53 bits per heavy atom. The van der Waals surface area contributed by atoms with Gasteiger partial charge in [0.2, 0.25) is 0 Å². The second kappa shape index (κ2) is 5.45. The zero-order valence-electron chi connectivity index (χ0n) is 9.59. The molecule has 0 N–H and O–H groups in total. The van der Waals surface area contributed by atoms with Crippen LogP contribution in [0.5, 0.6) is 0 Å². The molecule has 0 unspecified atom stereocenters. The summed E-state index contributed by atoms with van der Waals surface area (Å²) in [5.74, 6) is -4.27. The van der Waals surface area contributed by atoms with Gasteiger partial charge < -0.3 is 0 Å². The van der Waals surface area contributed by atoms with Crippen LogP contribution in [0.1, 0.15) is 15.9 Å². The van der Waals surface area contributed by atoms with Crippen LogP contribution in [0.2, 0.25) is 5.02 Å². The van der Waals surface area contributed by atoms with Crippen LogP contribution in [0.3, 0.4) is 0 Å². The van der Waals surface area contributed by atoms with Crippen molar-refractivity contribution in [3.05, 3.63) is 70.0 Å². The minimum Gasteiger partial charge on any atom is -0.294 e. The zero-order valence-corrected chi connectivity index (χ0v) is 10.3. The molecule has 2 aromatic carbocycles. The molecule has 0 saturated carbocycles. The van der Waals surface area contributed by atoms with E-state index in [1.807, 2.05) is 0 Å². The standard InChI is InChI=1S/C14H8ClF3O/c15-9-3-1-8(2-4-9)5-14(19)10-6-12(17)13(18)7-11(10)16/h1-4,6-7H,5H2. The Balaban J connectivity index is 2.25. The van der Waals surface area contributed by atoms with E-state index in [0.717, 1.165) is 0 Å². The highest BCUT2D eigenvalue weighted by Gasteiger charge is 2.16. The van der Waals surface area contributed by atoms with Crippen molar-refractivity contribution in [1.82, 2.24) is 0 Å². The molecule has 0 aliphatic rings. The predicted molar refractivity (Wildman–Crippen MR) is 65.8 cm³/mol. The van der Waals surface area contributed by atoms with Gasteiger partial charge in [0.15, 0.2) is 17.4 Å². The average molecular weight is 285 g/mol. The Morgan fingerprint density at radius 1 is 0.947 bits per heavy atom. The number of Topliss-reactive ketones (excluding diaryl/α,β-unsaturated/α-hetero) is 1. The molecule has 0 aliphatic heterocycles. The quantitative estimate of drug-likeness (QED) is 0.610. The highest BCUT2D eigenvalue weighted by atomic mass is 35.5. The van der Waals surface area contributed by atoms with Crippen molar-refractivity contribution in [2.24, 2.45) is 0 Å². The first-order valence-corrected chi connectivity index (χ1v) is 5.77. The third-order valence-corrected chi connectivity index (χ3v) is 2.84. The van der Waals surface area contributed by atoms with Crippen LogP contribution in [-0.2, 0) is 6.42 Å². The molecule has 19 heavy (non-hydrogen) atoms. The van der Waals surface area contributed by atoms with Gasteiger partial charge in [0, 0.05) is 17.5 Å². The monoisotopic (exact) mass is 284 g/mol. The summed E-state index contributed by atoms with van der Waals surface area (Å²) in [6.07, 6.45) is -0.112. The Hall–Kier alpha value is -1.81. The molecule has 0 atom stereocenters. The SMILES string of the molecule is O=C(Cc1ccc(Cl)cc1)c1cc(F)c(F)cc1F. The van der Waals surface area contributed by atoms with E-state index in [4.69, 9.17) is 11.6 Å². The number of carbonyl (C=O) groups excluding carboxylic acids is 1. The molecule has 0 spiro atoms. The van der Waals surface area contributed by atoms with Crippen molar-refractivity contribution in [1.29, 1.82) is 0 Å². The summed E-state index contributed by atoms with van der Waals surface area (Å²) in [4.78, 5) is 11.8. The lowest BCUT2D eigenvalue weighted by Gasteiger charge is -2.04. The summed E-state index contributed by atoms with van der Waals surface area (Å²) in [5.41, 5.74) is 0.146. The molecule has 0 bridgehead atoms. The van der Waals surface area contributed by atoms with Gasteiger partial charge in [-0.05, 0) is 23.8 Å². The summed E-state index contributed by atoms with van der Waals surface area (Å²) >= 11 is 5.69. The number of carbonyl (C=O) groups is 1. The van der Waals surface area contributed by atoms with Crippen molar-refractivity contribution in [2.75, 3.05) is 0 Å². The molecule has 2 rings (SSSR count). The fourth-order valence-corrected chi connectivity index (χ4v) is 1.75. The van der Waals surface area contributed by atoms with Gasteiger partial charge in [-0.2, -0.15) is 0 Å². The second-order valence-corrected chi connectivity index (χ2v) is 4.41. The molecule has 0 aliphatic carbocycles. The maximum atomic E-state index is 13.4. The molecule has 0 fully saturated rings. The number of halogens is 4. The lowest BCUT2D eigenvalue weighted by atomic mass is 10.0. The van der Waals surface area contributed by atoms with Crippen molar-refractivity contribution < 1.29 is 18.0 Å². The molecule has 0 radical (unpaired) electrons. The molecule has 2 aromatic rings. The van der Waals surface area contributed by atoms with E-state index in [1.54, 1.807) is 24.3 Å². The van der Waals surface area contributed by atoms with Gasteiger partial charge in [0.25, 0.3) is 0 Å². The minimum atomic E-state index is -1.32. The maximum Gasteiger partial charge on any atom is 0.170 e. The third-order valence-electron chi connectivity index (χ3n) is 2.59. The Morgan fingerprint density at radius 3 is 2.16 bits per heavy atom. The molecule has 0 heterocycles. The molecule has 1 nitrogen and oxygen atoms in total. The summed E-state index contributed by atoms with van der Waals surface area (Å²) in [6.45, 7) is 0. The van der Waals surface area contributed by atoms with Crippen LogP contribution < -0.4 is 0 Å². The van der Waals surface area contributed by atoms with Crippen LogP contribution in [0.25, 0.3) is 0 Å².